The molecule has 1 N–H and O–H groups in total. The molecule has 39 heavy (non-hydrogen) atoms. The monoisotopic (exact) mass is 572 g/mol. The minimum atomic E-state index is -1.06. The van der Waals surface area contributed by atoms with Crippen LogP contribution in [0.5, 0.6) is 5.88 Å². The molecular weight excluding hydrogens is 543 g/mol. The highest BCUT2D eigenvalue weighted by atomic mass is 35.5. The lowest BCUT2D eigenvalue weighted by Gasteiger charge is -2.38. The Labute approximate surface area is 236 Å². The molecule has 0 spiro atoms. The molecule has 2 atom stereocenters. The third kappa shape index (κ3) is 5.28. The first kappa shape index (κ1) is 28.7. The summed E-state index contributed by atoms with van der Waals surface area (Å²) in [5, 5.41) is 3.02. The fourth-order valence-corrected chi connectivity index (χ4v) is 5.81. The largest absolute Gasteiger partial charge is 0.459 e. The number of aromatic amines is 1. The number of H-pyrrole nitrogens is 1. The van der Waals surface area contributed by atoms with Crippen LogP contribution in [0.3, 0.4) is 0 Å². The molecule has 1 saturated carbocycles. The molecule has 0 aliphatic heterocycles. The Bertz CT molecular complexity index is 1450. The minimum Gasteiger partial charge on any atom is -0.459 e. The molecular formula is C28H30Cl2N4O5. The van der Waals surface area contributed by atoms with Gasteiger partial charge < -0.3 is 14.3 Å². The summed E-state index contributed by atoms with van der Waals surface area (Å²) in [5.74, 6) is -0.952. The van der Waals surface area contributed by atoms with Crippen molar-refractivity contribution in [3.05, 3.63) is 56.6 Å². The summed E-state index contributed by atoms with van der Waals surface area (Å²) >= 11 is 12.4. The number of nitrogens with one attached hydrogen (secondary N) is 1. The van der Waals surface area contributed by atoms with Crippen molar-refractivity contribution in [2.24, 2.45) is 17.8 Å². The van der Waals surface area contributed by atoms with E-state index in [1.54, 1.807) is 19.9 Å². The maximum Gasteiger partial charge on any atom is 0.346 e. The maximum atomic E-state index is 13.7. The summed E-state index contributed by atoms with van der Waals surface area (Å²) in [5.41, 5.74) is -1.56. The number of esters is 2. The molecule has 206 valence electrons. The van der Waals surface area contributed by atoms with Crippen molar-refractivity contribution >= 4 is 52.8 Å². The van der Waals surface area contributed by atoms with Gasteiger partial charge in [0.05, 0.1) is 27.6 Å². The van der Waals surface area contributed by atoms with Gasteiger partial charge in [-0.3, -0.25) is 5.10 Å². The van der Waals surface area contributed by atoms with E-state index in [2.05, 4.69) is 35.7 Å². The van der Waals surface area contributed by atoms with Gasteiger partial charge in [0.15, 0.2) is 5.65 Å². The Morgan fingerprint density at radius 2 is 1.79 bits per heavy atom. The maximum absolute atomic E-state index is 13.7. The third-order valence-electron chi connectivity index (χ3n) is 7.44. The van der Waals surface area contributed by atoms with Gasteiger partial charge in [-0.25, -0.2) is 23.9 Å². The van der Waals surface area contributed by atoms with Crippen LogP contribution in [0.15, 0.2) is 18.2 Å². The van der Waals surface area contributed by atoms with Crippen LogP contribution in [0.2, 0.25) is 10.0 Å². The number of halogens is 2. The zero-order valence-corrected chi connectivity index (χ0v) is 23.9. The van der Waals surface area contributed by atoms with E-state index in [0.717, 1.165) is 19.3 Å². The van der Waals surface area contributed by atoms with E-state index in [-0.39, 0.29) is 62.2 Å². The lowest BCUT2D eigenvalue weighted by atomic mass is 9.73. The van der Waals surface area contributed by atoms with E-state index in [4.69, 9.17) is 39.2 Å². The second-order valence-corrected chi connectivity index (χ2v) is 11.6. The molecule has 1 aliphatic carbocycles. The summed E-state index contributed by atoms with van der Waals surface area (Å²) in [6.45, 7) is 17.4. The number of carbonyl (C=O) groups excluding carboxylic acids is 3. The second-order valence-electron chi connectivity index (χ2n) is 10.8. The quantitative estimate of drug-likeness (QED) is 0.189. The van der Waals surface area contributed by atoms with Crippen LogP contribution >= 0.6 is 23.2 Å². The molecule has 1 fully saturated rings. The van der Waals surface area contributed by atoms with Crippen LogP contribution < -0.4 is 4.74 Å². The van der Waals surface area contributed by atoms with E-state index in [9.17, 15) is 14.4 Å². The highest BCUT2D eigenvalue weighted by molar-refractivity contribution is 6.39. The first-order chi connectivity index (χ1) is 18.4. The van der Waals surface area contributed by atoms with Crippen molar-refractivity contribution < 1.29 is 23.9 Å². The van der Waals surface area contributed by atoms with Crippen molar-refractivity contribution in [3.63, 3.8) is 0 Å². The van der Waals surface area contributed by atoms with E-state index < -0.39 is 17.4 Å². The zero-order chi connectivity index (χ0) is 28.6. The van der Waals surface area contributed by atoms with E-state index >= 15 is 0 Å². The molecule has 2 unspecified atom stereocenters. The summed E-state index contributed by atoms with van der Waals surface area (Å²) in [7, 11) is 0. The SMILES string of the molecule is [C-]#[N+]c1c(C(=O)OC2C(C)CC(CC)CC2C)c2nc(C(C)(C)C=O)[nH]n2c1OC(=O)c1c(Cl)cccc1Cl. The van der Waals surface area contributed by atoms with Gasteiger partial charge in [-0.15, -0.1) is 0 Å². The number of ether oxygens (including phenoxy) is 2. The Hall–Kier alpha value is -3.35. The van der Waals surface area contributed by atoms with Crippen molar-refractivity contribution in [3.8, 4) is 5.88 Å². The number of fused-ring (bicyclic) bond motifs is 1. The summed E-state index contributed by atoms with van der Waals surface area (Å²) < 4.78 is 12.8. The number of benzene rings is 1. The van der Waals surface area contributed by atoms with Crippen molar-refractivity contribution in [1.29, 1.82) is 0 Å². The van der Waals surface area contributed by atoms with Crippen molar-refractivity contribution in [2.75, 3.05) is 0 Å². The fraction of sp³-hybridized carbons (Fsp3) is 0.464. The minimum absolute atomic E-state index is 0.00605. The second kappa shape index (κ2) is 11.0. The van der Waals surface area contributed by atoms with Gasteiger partial charge >= 0.3 is 11.9 Å². The van der Waals surface area contributed by atoms with Crippen LogP contribution in [0.25, 0.3) is 10.5 Å². The summed E-state index contributed by atoms with van der Waals surface area (Å²) in [6.07, 6.45) is 3.27. The standard InChI is InChI=1S/C28H30Cl2N4O5/c1-7-16-11-14(2)22(15(3)12-16)38-26(37)20-21(31-6)24(34-23(20)32-27(33-34)28(4,5)13-35)39-25(36)19-17(29)9-8-10-18(19)30/h8-10,13-16,22H,7,11-12H2,1-5H3,(H,32,33). The van der Waals surface area contributed by atoms with E-state index in [0.29, 0.717) is 12.2 Å². The number of hydrogen-bond donors (Lipinski definition) is 1. The van der Waals surface area contributed by atoms with Gasteiger partial charge in [0.1, 0.15) is 23.8 Å². The van der Waals surface area contributed by atoms with Crippen molar-refractivity contribution in [1.82, 2.24) is 14.6 Å². The van der Waals surface area contributed by atoms with Crippen molar-refractivity contribution in [2.45, 2.75) is 65.4 Å². The summed E-state index contributed by atoms with van der Waals surface area (Å²) in [6, 6.07) is 4.54. The normalized spacial score (nSPS) is 21.4. The lowest BCUT2D eigenvalue weighted by molar-refractivity contribution is -0.111. The number of carbonyl (C=O) groups is 3. The molecule has 11 heteroatoms. The van der Waals surface area contributed by atoms with E-state index in [1.807, 2.05) is 0 Å². The molecule has 4 rings (SSSR count). The number of nitrogens with zero attached hydrogens (tertiary/aromatic N) is 3. The van der Waals surface area contributed by atoms with Crippen LogP contribution in [0.4, 0.5) is 5.69 Å². The highest BCUT2D eigenvalue weighted by Gasteiger charge is 2.38. The Balaban J connectivity index is 1.81. The molecule has 1 aromatic carbocycles. The number of hydrogen-bond acceptors (Lipinski definition) is 6. The van der Waals surface area contributed by atoms with Gasteiger partial charge in [0, 0.05) is 0 Å². The molecule has 2 heterocycles. The predicted octanol–water partition coefficient (Wildman–Crippen LogP) is 6.83. The van der Waals surface area contributed by atoms with Crippen LogP contribution in [-0.4, -0.2) is 38.9 Å². The van der Waals surface area contributed by atoms with E-state index in [1.165, 1.54) is 16.6 Å². The third-order valence-corrected chi connectivity index (χ3v) is 8.07. The van der Waals surface area contributed by atoms with Gasteiger partial charge in [0.2, 0.25) is 5.88 Å². The molecule has 0 bridgehead atoms. The van der Waals surface area contributed by atoms with Gasteiger partial charge in [0.25, 0.3) is 5.69 Å². The molecule has 0 amide bonds. The highest BCUT2D eigenvalue weighted by Crippen LogP contribution is 2.42. The number of aldehydes is 1. The molecule has 1 aliphatic rings. The summed E-state index contributed by atoms with van der Waals surface area (Å²) in [4.78, 5) is 46.6. The van der Waals surface area contributed by atoms with Gasteiger partial charge in [-0.2, -0.15) is 0 Å². The fourth-order valence-electron chi connectivity index (χ4n) is 5.26. The molecule has 0 radical (unpaired) electrons. The Kier molecular flexibility index (Phi) is 8.10. The topological polar surface area (TPSA) is 107 Å². The Morgan fingerprint density at radius 1 is 1.18 bits per heavy atom. The number of rotatable bonds is 7. The molecule has 3 aromatic rings. The number of aromatic nitrogens is 3. The average Bonchev–Trinajstić information content (AvgIpc) is 3.44. The van der Waals surface area contributed by atoms with Crippen LogP contribution in [-0.2, 0) is 14.9 Å². The molecule has 0 saturated heterocycles. The average molecular weight is 573 g/mol. The first-order valence-corrected chi connectivity index (χ1v) is 13.5. The van der Waals surface area contributed by atoms with Crippen LogP contribution in [0.1, 0.15) is 80.4 Å². The van der Waals surface area contributed by atoms with Gasteiger partial charge in [-0.05, 0) is 56.6 Å². The Morgan fingerprint density at radius 3 is 2.33 bits per heavy atom. The van der Waals surface area contributed by atoms with Crippen LogP contribution in [0, 0.1) is 24.3 Å². The first-order valence-electron chi connectivity index (χ1n) is 12.8. The lowest BCUT2D eigenvalue weighted by Crippen LogP contribution is -2.38. The predicted molar refractivity (Wildman–Crippen MR) is 147 cm³/mol. The molecule has 9 nitrogen and oxygen atoms in total. The zero-order valence-electron chi connectivity index (χ0n) is 22.4. The molecule has 2 aromatic heterocycles. The smallest absolute Gasteiger partial charge is 0.346 e. The van der Waals surface area contributed by atoms with Gasteiger partial charge in [-0.1, -0.05) is 56.5 Å².